The van der Waals surface area contributed by atoms with E-state index in [4.69, 9.17) is 0 Å². The van der Waals surface area contributed by atoms with Crippen molar-refractivity contribution < 1.29 is 97.7 Å². The van der Waals surface area contributed by atoms with Gasteiger partial charge >= 0.3 is 0 Å². The maximum Gasteiger partial charge on any atom is 0 e. The van der Waals surface area contributed by atoms with E-state index in [0.29, 0.717) is 0 Å². The molecule has 0 N–H and O–H groups in total. The summed E-state index contributed by atoms with van der Waals surface area (Å²) in [4.78, 5) is 0. The molecule has 35 valence electrons. The van der Waals surface area contributed by atoms with Gasteiger partial charge in [0.25, 0.3) is 0 Å². The van der Waals surface area contributed by atoms with Crippen LogP contribution in [0.3, 0.4) is 0 Å². The first-order valence-corrected chi connectivity index (χ1v) is 0. The maximum atomic E-state index is 0. The monoisotopic (exact) mass is 559 g/mol. The van der Waals surface area contributed by atoms with Gasteiger partial charge in [-0.25, -0.2) is 0 Å². The normalized spacial score (nSPS) is 0. The van der Waals surface area contributed by atoms with Crippen LogP contribution in [0.2, 0.25) is 0 Å². The van der Waals surface area contributed by atoms with Gasteiger partial charge in [0.15, 0.2) is 0 Å². The third-order valence-corrected chi connectivity index (χ3v) is 0. The van der Waals surface area contributed by atoms with E-state index in [-0.39, 0.29) is 125 Å². The molecule has 0 aliphatic rings. The molecule has 0 unspecified atom stereocenters. The Bertz CT molecular complexity index is 15.5. The molecule has 0 spiro atoms. The molecule has 0 atom stereocenters. The van der Waals surface area contributed by atoms with Crippen molar-refractivity contribution in [2.45, 2.75) is 0 Å². The van der Waals surface area contributed by atoms with Gasteiger partial charge in [-0.05, 0) is 0 Å². The van der Waals surface area contributed by atoms with Crippen LogP contribution in [-0.2, 0) is 97.7 Å². The summed E-state index contributed by atoms with van der Waals surface area (Å²) in [5.41, 5.74) is 0. The van der Waals surface area contributed by atoms with Crippen LogP contribution in [0.1, 0.15) is 0 Å². The minimum atomic E-state index is 0. The summed E-state index contributed by atoms with van der Waals surface area (Å²) >= 11 is 0. The maximum absolute atomic E-state index is 0. The van der Waals surface area contributed by atoms with Crippen molar-refractivity contribution in [1.29, 1.82) is 0 Å². The van der Waals surface area contributed by atoms with Crippen LogP contribution in [0.5, 0.6) is 0 Å². The first-order valence-electron chi connectivity index (χ1n) is 0. The summed E-state index contributed by atoms with van der Waals surface area (Å²) < 4.78 is 0. The second-order valence-corrected chi connectivity index (χ2v) is 0. The zero-order valence-corrected chi connectivity index (χ0v) is 17.0. The van der Waals surface area contributed by atoms with Crippen LogP contribution < -0.4 is 0 Å². The molecule has 0 saturated carbocycles. The Labute approximate surface area is 122 Å². The number of rotatable bonds is 0. The van der Waals surface area contributed by atoms with Gasteiger partial charge < -0.3 is 0 Å². The van der Waals surface area contributed by atoms with Gasteiger partial charge in [0, 0.05) is 125 Å². The van der Waals surface area contributed by atoms with Crippen molar-refractivity contribution in [2.24, 2.45) is 0 Å². The Kier molecular flexibility index (Phi) is 303. The third kappa shape index (κ3) is 24.5. The fraction of sp³-hybridized carbons (Fsp3) is 0. The summed E-state index contributed by atoms with van der Waals surface area (Å²) in [5.74, 6) is 0. The third-order valence-electron chi connectivity index (χ3n) is 0. The fourth-order valence-electron chi connectivity index (χ4n) is 0. The molecular formula is CdCrCuNiPbZn. The Hall–Kier alpha value is 4.01. The smallest absolute Gasteiger partial charge is 0 e. The molecule has 0 bridgehead atoms. The van der Waals surface area contributed by atoms with Crippen LogP contribution >= 0.6 is 0 Å². The van der Waals surface area contributed by atoms with E-state index in [2.05, 4.69) is 0 Å². The molecule has 0 aliphatic carbocycles. The van der Waals surface area contributed by atoms with Gasteiger partial charge in [0.05, 0.1) is 0 Å². The van der Waals surface area contributed by atoms with Crippen LogP contribution in [-0.4, -0.2) is 27.3 Å². The van der Waals surface area contributed by atoms with Crippen LogP contribution in [0.4, 0.5) is 0 Å². The standard InChI is InChI=1S/Cd.Cr.Cu.Ni.Pb.Zn. The quantitative estimate of drug-likeness (QED) is 0.355. The average molecular weight is 559 g/mol. The number of hydrogen-bond acceptors (Lipinski definition) is 0. The second-order valence-electron chi connectivity index (χ2n) is 0. The molecule has 0 aromatic heterocycles. The van der Waals surface area contributed by atoms with Gasteiger partial charge in [-0.1, -0.05) is 0 Å². The van der Waals surface area contributed by atoms with E-state index in [1.807, 2.05) is 0 Å². The van der Waals surface area contributed by atoms with Crippen molar-refractivity contribution in [3.8, 4) is 0 Å². The molecule has 0 aromatic carbocycles. The molecule has 0 saturated heterocycles. The molecule has 0 amide bonds. The van der Waals surface area contributed by atoms with E-state index in [0.717, 1.165) is 0 Å². The van der Waals surface area contributed by atoms with E-state index in [9.17, 15) is 0 Å². The van der Waals surface area contributed by atoms with Crippen molar-refractivity contribution in [3.05, 3.63) is 0 Å². The van der Waals surface area contributed by atoms with Gasteiger partial charge in [0.2, 0.25) is 0 Å². The zero-order chi connectivity index (χ0) is 0. The summed E-state index contributed by atoms with van der Waals surface area (Å²) in [6.07, 6.45) is 0. The molecule has 0 rings (SSSR count). The molecule has 0 aliphatic heterocycles. The van der Waals surface area contributed by atoms with Crippen molar-refractivity contribution in [1.82, 2.24) is 0 Å². The van der Waals surface area contributed by atoms with Gasteiger partial charge in [-0.15, -0.1) is 0 Å². The Balaban J connectivity index is 0. The SMILES string of the molecule is [Cd].[Cr].[Cu].[Ni].[Pb].[Zn]. The minimum Gasteiger partial charge on any atom is 0 e. The van der Waals surface area contributed by atoms with Crippen LogP contribution in [0.25, 0.3) is 0 Å². The summed E-state index contributed by atoms with van der Waals surface area (Å²) in [6, 6.07) is 0. The van der Waals surface area contributed by atoms with E-state index in [1.165, 1.54) is 0 Å². The molecule has 0 fully saturated rings. The van der Waals surface area contributed by atoms with Crippen LogP contribution in [0.15, 0.2) is 0 Å². The fourth-order valence-corrected chi connectivity index (χ4v) is 0. The Morgan fingerprint density at radius 1 is 1.00 bits per heavy atom. The summed E-state index contributed by atoms with van der Waals surface area (Å²) in [6.45, 7) is 0. The molecule has 6 heteroatoms. The van der Waals surface area contributed by atoms with Gasteiger partial charge in [0.1, 0.15) is 0 Å². The predicted octanol–water partition coefficient (Wildman–Crippen LogP) is -0.393. The topological polar surface area (TPSA) is 0 Å². The molecule has 0 heterocycles. The van der Waals surface area contributed by atoms with E-state index < -0.39 is 0 Å². The molecule has 6 heavy (non-hydrogen) atoms. The van der Waals surface area contributed by atoms with Crippen molar-refractivity contribution >= 4 is 27.3 Å². The first-order chi connectivity index (χ1) is 0. The van der Waals surface area contributed by atoms with Crippen LogP contribution in [0, 0.1) is 0 Å². The largest absolute Gasteiger partial charge is 0 e. The molecule has 5 radical (unpaired) electrons. The zero-order valence-electron chi connectivity index (χ0n) is 2.94. The van der Waals surface area contributed by atoms with E-state index >= 15 is 0 Å². The average Bonchev–Trinajstić information content (AvgIpc) is 0. The Morgan fingerprint density at radius 2 is 1.00 bits per heavy atom. The van der Waals surface area contributed by atoms with E-state index in [1.54, 1.807) is 0 Å². The summed E-state index contributed by atoms with van der Waals surface area (Å²) in [7, 11) is 0. The second kappa shape index (κ2) is 35.9. The minimum absolute atomic E-state index is 0. The van der Waals surface area contributed by atoms with Gasteiger partial charge in [-0.2, -0.15) is 0 Å². The van der Waals surface area contributed by atoms with Crippen molar-refractivity contribution in [3.63, 3.8) is 0 Å². The first kappa shape index (κ1) is 50.5. The van der Waals surface area contributed by atoms with Gasteiger partial charge in [-0.3, -0.25) is 0 Å². The predicted molar refractivity (Wildman–Crippen MR) is 5.75 cm³/mol. The van der Waals surface area contributed by atoms with Crippen molar-refractivity contribution in [2.75, 3.05) is 0 Å². The summed E-state index contributed by atoms with van der Waals surface area (Å²) in [5, 5.41) is 0. The number of hydrogen-bond donors (Lipinski definition) is 0. The molecular weight excluding hydrogens is 559 g/mol. The Morgan fingerprint density at radius 3 is 1.00 bits per heavy atom. The molecule has 0 nitrogen and oxygen atoms in total. The molecule has 0 aromatic rings.